The molecule has 0 spiro atoms. The van der Waals surface area contributed by atoms with Crippen LogP contribution in [0.25, 0.3) is 22.4 Å². The molecular weight excluding hydrogens is 391 g/mol. The van der Waals surface area contributed by atoms with Gasteiger partial charge in [0.1, 0.15) is 18.2 Å². The van der Waals surface area contributed by atoms with E-state index in [1.54, 1.807) is 0 Å². The van der Waals surface area contributed by atoms with E-state index in [-0.39, 0.29) is 17.6 Å². The van der Waals surface area contributed by atoms with E-state index in [9.17, 15) is 22.0 Å². The Balaban J connectivity index is 2.13. The maximum Gasteiger partial charge on any atom is 0.201 e. The Bertz CT molecular complexity index is 1100. The summed E-state index contributed by atoms with van der Waals surface area (Å²) in [6.45, 7) is 3.31. The molecule has 29 heavy (non-hydrogen) atoms. The largest absolute Gasteiger partial charge is 0.497 e. The molecule has 0 bridgehead atoms. The van der Waals surface area contributed by atoms with Gasteiger partial charge in [0.2, 0.25) is 5.82 Å². The fourth-order valence-electron chi connectivity index (χ4n) is 2.76. The summed E-state index contributed by atoms with van der Waals surface area (Å²) in [7, 11) is 1.41. The van der Waals surface area contributed by atoms with Crippen molar-refractivity contribution in [2.24, 2.45) is 0 Å². The molecule has 0 atom stereocenters. The van der Waals surface area contributed by atoms with Crippen LogP contribution in [0.3, 0.4) is 0 Å². The zero-order valence-corrected chi connectivity index (χ0v) is 15.2. The van der Waals surface area contributed by atoms with Crippen LogP contribution >= 0.6 is 0 Å². The van der Waals surface area contributed by atoms with Crippen LogP contribution in [0.1, 0.15) is 11.1 Å². The van der Waals surface area contributed by atoms with Gasteiger partial charge in [-0.3, -0.25) is 0 Å². The quantitative estimate of drug-likeness (QED) is 0.261. The van der Waals surface area contributed by atoms with Crippen molar-refractivity contribution in [2.45, 2.75) is 0 Å². The minimum atomic E-state index is -1.56. The summed E-state index contributed by atoms with van der Waals surface area (Å²) in [5, 5.41) is -0.870. The van der Waals surface area contributed by atoms with E-state index in [2.05, 4.69) is 6.58 Å². The average Bonchev–Trinajstić information content (AvgIpc) is 2.74. The molecular formula is C22H15F5O2. The van der Waals surface area contributed by atoms with E-state index in [0.717, 1.165) is 18.2 Å². The molecule has 0 heterocycles. The fraction of sp³-hybridized carbons (Fsp3) is 0.0909. The molecule has 2 nitrogen and oxygen atoms in total. The summed E-state index contributed by atoms with van der Waals surface area (Å²) in [4.78, 5) is 0. The number of halogens is 5. The van der Waals surface area contributed by atoms with Crippen molar-refractivity contribution >= 4 is 22.4 Å². The maximum atomic E-state index is 14.8. The summed E-state index contributed by atoms with van der Waals surface area (Å²) in [5.41, 5.74) is -0.994. The number of benzene rings is 3. The van der Waals surface area contributed by atoms with Gasteiger partial charge in [-0.15, -0.1) is 0 Å². The number of hydrogen-bond acceptors (Lipinski definition) is 2. The van der Waals surface area contributed by atoms with Crippen LogP contribution in [0, 0.1) is 17.5 Å². The van der Waals surface area contributed by atoms with Crippen molar-refractivity contribution in [3.8, 4) is 11.5 Å². The highest BCUT2D eigenvalue weighted by molar-refractivity contribution is 5.91. The molecule has 0 saturated carbocycles. The predicted molar refractivity (Wildman–Crippen MR) is 102 cm³/mol. The Hall–Kier alpha value is -3.35. The Morgan fingerprint density at radius 3 is 2.24 bits per heavy atom. The third kappa shape index (κ3) is 3.81. The van der Waals surface area contributed by atoms with E-state index < -0.39 is 45.8 Å². The van der Waals surface area contributed by atoms with Gasteiger partial charge in [-0.2, -0.15) is 4.39 Å². The number of fused-ring (bicyclic) bond motifs is 1. The average molecular weight is 406 g/mol. The third-order valence-electron chi connectivity index (χ3n) is 4.22. The summed E-state index contributed by atoms with van der Waals surface area (Å²) in [5.74, 6) is -7.32. The molecule has 0 saturated heterocycles. The molecule has 0 aromatic heterocycles. The third-order valence-corrected chi connectivity index (χ3v) is 4.22. The topological polar surface area (TPSA) is 18.5 Å². The highest BCUT2D eigenvalue weighted by Crippen LogP contribution is 2.36. The van der Waals surface area contributed by atoms with Crippen molar-refractivity contribution in [1.82, 2.24) is 0 Å². The SMILES string of the molecule is C=CCOc1cc2ccc(C(F)=C(F)c3ccc(OC)cc3)c(F)c2c(F)c1F. The first-order chi connectivity index (χ1) is 13.9. The minimum absolute atomic E-state index is 0.0677. The Morgan fingerprint density at radius 2 is 1.62 bits per heavy atom. The number of rotatable bonds is 6. The second kappa shape index (κ2) is 8.34. The van der Waals surface area contributed by atoms with E-state index in [1.165, 1.54) is 37.5 Å². The standard InChI is InChI=1S/C22H15F5O2/c1-3-10-29-16-11-13-6-9-15(19(24)17(13)22(27)21(16)26)20(25)18(23)12-4-7-14(28-2)8-5-12/h3-9,11H,1,10H2,2H3. The van der Waals surface area contributed by atoms with Crippen LogP contribution < -0.4 is 9.47 Å². The lowest BCUT2D eigenvalue weighted by Gasteiger charge is -2.11. The Kier molecular flexibility index (Phi) is 5.87. The van der Waals surface area contributed by atoms with Crippen LogP contribution in [0.15, 0.2) is 55.1 Å². The molecule has 0 aliphatic carbocycles. The molecule has 0 aliphatic rings. The zero-order chi connectivity index (χ0) is 21.1. The van der Waals surface area contributed by atoms with Crippen molar-refractivity contribution in [3.63, 3.8) is 0 Å². The van der Waals surface area contributed by atoms with Crippen molar-refractivity contribution < 1.29 is 31.4 Å². The van der Waals surface area contributed by atoms with Gasteiger partial charge in [-0.25, -0.2) is 17.6 Å². The summed E-state index contributed by atoms with van der Waals surface area (Å²) in [6, 6.07) is 8.47. The first kappa shape index (κ1) is 20.4. The number of hydrogen-bond donors (Lipinski definition) is 0. The minimum Gasteiger partial charge on any atom is -0.497 e. The molecule has 0 aliphatic heterocycles. The van der Waals surface area contributed by atoms with Crippen molar-refractivity contribution in [3.05, 3.63) is 83.7 Å². The van der Waals surface area contributed by atoms with E-state index >= 15 is 0 Å². The zero-order valence-electron chi connectivity index (χ0n) is 15.2. The summed E-state index contributed by atoms with van der Waals surface area (Å²) in [6.07, 6.45) is 1.33. The molecule has 0 amide bonds. The predicted octanol–water partition coefficient (Wildman–Crippen LogP) is 6.60. The molecule has 150 valence electrons. The Morgan fingerprint density at radius 1 is 0.931 bits per heavy atom. The van der Waals surface area contributed by atoms with Gasteiger partial charge in [0.15, 0.2) is 23.2 Å². The molecule has 3 aromatic rings. The summed E-state index contributed by atoms with van der Waals surface area (Å²) >= 11 is 0. The van der Waals surface area contributed by atoms with Gasteiger partial charge in [0.25, 0.3) is 0 Å². The highest BCUT2D eigenvalue weighted by atomic mass is 19.2. The molecule has 0 unspecified atom stereocenters. The Labute approximate surface area is 163 Å². The van der Waals surface area contributed by atoms with Crippen LogP contribution in [0.4, 0.5) is 22.0 Å². The summed E-state index contributed by atoms with van der Waals surface area (Å²) < 4.78 is 82.5. The van der Waals surface area contributed by atoms with E-state index in [0.29, 0.717) is 5.75 Å². The van der Waals surface area contributed by atoms with Gasteiger partial charge in [0, 0.05) is 11.1 Å². The number of ether oxygens (including phenoxy) is 2. The molecule has 0 radical (unpaired) electrons. The second-order valence-corrected chi connectivity index (χ2v) is 5.98. The van der Waals surface area contributed by atoms with Crippen molar-refractivity contribution in [1.29, 1.82) is 0 Å². The van der Waals surface area contributed by atoms with E-state index in [4.69, 9.17) is 9.47 Å². The van der Waals surface area contributed by atoms with Crippen LogP contribution in [0.2, 0.25) is 0 Å². The molecule has 7 heteroatoms. The van der Waals surface area contributed by atoms with Crippen LogP contribution in [-0.4, -0.2) is 13.7 Å². The molecule has 3 rings (SSSR count). The lowest BCUT2D eigenvalue weighted by atomic mass is 10.0. The molecule has 0 fully saturated rings. The lowest BCUT2D eigenvalue weighted by Crippen LogP contribution is -2.01. The number of methoxy groups -OCH3 is 1. The van der Waals surface area contributed by atoms with Crippen LogP contribution in [0.5, 0.6) is 11.5 Å². The van der Waals surface area contributed by atoms with Crippen molar-refractivity contribution in [2.75, 3.05) is 13.7 Å². The van der Waals surface area contributed by atoms with Gasteiger partial charge in [0.05, 0.1) is 12.5 Å². The maximum absolute atomic E-state index is 14.8. The molecule has 3 aromatic carbocycles. The van der Waals surface area contributed by atoms with Gasteiger partial charge < -0.3 is 9.47 Å². The normalized spacial score (nSPS) is 11.9. The lowest BCUT2D eigenvalue weighted by molar-refractivity contribution is 0.334. The van der Waals surface area contributed by atoms with Gasteiger partial charge >= 0.3 is 0 Å². The highest BCUT2D eigenvalue weighted by Gasteiger charge is 2.23. The monoisotopic (exact) mass is 406 g/mol. The molecule has 0 N–H and O–H groups in total. The smallest absolute Gasteiger partial charge is 0.201 e. The fourth-order valence-corrected chi connectivity index (χ4v) is 2.76. The van der Waals surface area contributed by atoms with Gasteiger partial charge in [-0.05, 0) is 41.8 Å². The van der Waals surface area contributed by atoms with E-state index in [1.807, 2.05) is 0 Å². The second-order valence-electron chi connectivity index (χ2n) is 5.98. The van der Waals surface area contributed by atoms with Gasteiger partial charge in [-0.1, -0.05) is 18.7 Å². The first-order valence-corrected chi connectivity index (χ1v) is 8.43. The van der Waals surface area contributed by atoms with Crippen LogP contribution in [-0.2, 0) is 0 Å². The first-order valence-electron chi connectivity index (χ1n) is 8.43.